The maximum atomic E-state index is 12.2. The number of aromatic nitrogens is 2. The third-order valence-electron chi connectivity index (χ3n) is 2.54. The Morgan fingerprint density at radius 3 is 2.50 bits per heavy atom. The number of halogens is 1. The van der Waals surface area contributed by atoms with Gasteiger partial charge in [0, 0.05) is 12.6 Å². The number of hydrogen-bond acceptors (Lipinski definition) is 3. The van der Waals surface area contributed by atoms with Gasteiger partial charge >= 0.3 is 0 Å². The molecular formula is C12H14AlClN2O2. The molecule has 6 heteroatoms. The predicted octanol–water partition coefficient (Wildman–Crippen LogP) is 1.13. The van der Waals surface area contributed by atoms with Gasteiger partial charge in [-0.1, -0.05) is 23.7 Å². The van der Waals surface area contributed by atoms with Crippen LogP contribution in [0.1, 0.15) is 21.6 Å². The van der Waals surface area contributed by atoms with Gasteiger partial charge in [-0.25, -0.2) is 4.68 Å². The van der Waals surface area contributed by atoms with Crippen molar-refractivity contribution in [1.82, 2.24) is 9.78 Å². The second-order valence-electron chi connectivity index (χ2n) is 3.72. The predicted molar refractivity (Wildman–Crippen MR) is 74.4 cm³/mol. The normalized spacial score (nSPS) is 9.94. The van der Waals surface area contributed by atoms with E-state index >= 15 is 0 Å². The van der Waals surface area contributed by atoms with Crippen LogP contribution >= 0.6 is 11.6 Å². The van der Waals surface area contributed by atoms with Gasteiger partial charge in [0.2, 0.25) is 11.7 Å². The molecule has 0 atom stereocenters. The topological polar surface area (TPSA) is 55.1 Å². The number of carbonyl (C=O) groups is 1. The van der Waals surface area contributed by atoms with Crippen LogP contribution in [-0.4, -0.2) is 38.0 Å². The van der Waals surface area contributed by atoms with Crippen molar-refractivity contribution in [3.8, 4) is 5.88 Å². The summed E-state index contributed by atoms with van der Waals surface area (Å²) < 4.78 is 1.26. The summed E-state index contributed by atoms with van der Waals surface area (Å²) in [6.07, 6.45) is 0. The molecule has 0 unspecified atom stereocenters. The van der Waals surface area contributed by atoms with E-state index in [0.717, 1.165) is 0 Å². The van der Waals surface area contributed by atoms with Gasteiger partial charge in [0.25, 0.3) is 0 Å². The van der Waals surface area contributed by atoms with Crippen molar-refractivity contribution in [2.75, 3.05) is 0 Å². The van der Waals surface area contributed by atoms with Crippen LogP contribution in [0.25, 0.3) is 0 Å². The third-order valence-corrected chi connectivity index (χ3v) is 2.87. The Bertz CT molecular complexity index is 596. The standard InChI is InChI=1S/C12H11ClN2O2.Al.3H/c1-7-10(12(17)15(2)14-7)11(16)8-5-3-4-6-9(8)13;;;;/h3-6,17H,1-2H3;;;;. The molecule has 0 aliphatic rings. The minimum absolute atomic E-state index is 0. The quantitative estimate of drug-likeness (QED) is 0.663. The second-order valence-corrected chi connectivity index (χ2v) is 4.12. The number of ketones is 1. The highest BCUT2D eigenvalue weighted by atomic mass is 35.5. The Morgan fingerprint density at radius 1 is 1.39 bits per heavy atom. The highest BCUT2D eigenvalue weighted by Gasteiger charge is 2.22. The monoisotopic (exact) mass is 280 g/mol. The maximum absolute atomic E-state index is 12.2. The summed E-state index contributed by atoms with van der Waals surface area (Å²) in [7, 11) is 1.58. The molecular weight excluding hydrogens is 267 g/mol. The number of nitrogens with zero attached hydrogens (tertiary/aromatic N) is 2. The lowest BCUT2D eigenvalue weighted by Gasteiger charge is -2.02. The van der Waals surface area contributed by atoms with Crippen molar-refractivity contribution in [1.29, 1.82) is 0 Å². The summed E-state index contributed by atoms with van der Waals surface area (Å²) in [5, 5.41) is 14.1. The van der Waals surface area contributed by atoms with Crippen LogP contribution < -0.4 is 0 Å². The Morgan fingerprint density at radius 2 is 2.00 bits per heavy atom. The highest BCUT2D eigenvalue weighted by molar-refractivity contribution is 6.35. The van der Waals surface area contributed by atoms with E-state index < -0.39 is 0 Å². The number of rotatable bonds is 2. The maximum Gasteiger partial charge on any atom is 0.220 e. The molecule has 94 valence electrons. The number of aromatic hydroxyl groups is 1. The zero-order chi connectivity index (χ0) is 12.6. The second kappa shape index (κ2) is 5.58. The number of carbonyl (C=O) groups excluding carboxylic acids is 1. The minimum Gasteiger partial charge on any atom is -0.493 e. The van der Waals surface area contributed by atoms with E-state index in [1.165, 1.54) is 4.68 Å². The van der Waals surface area contributed by atoms with Crippen molar-refractivity contribution in [2.24, 2.45) is 7.05 Å². The molecule has 18 heavy (non-hydrogen) atoms. The molecule has 1 heterocycles. The Hall–Kier alpha value is -1.28. The summed E-state index contributed by atoms with van der Waals surface area (Å²) in [5.41, 5.74) is 1.04. The van der Waals surface area contributed by atoms with E-state index in [0.29, 0.717) is 16.3 Å². The number of aryl methyl sites for hydroxylation is 2. The van der Waals surface area contributed by atoms with Crippen molar-refractivity contribution >= 4 is 34.7 Å². The number of hydrogen-bond donors (Lipinski definition) is 1. The van der Waals surface area contributed by atoms with Crippen LogP contribution in [-0.2, 0) is 7.05 Å². The van der Waals surface area contributed by atoms with Gasteiger partial charge in [-0.3, -0.25) is 4.79 Å². The van der Waals surface area contributed by atoms with Crippen LogP contribution in [0.2, 0.25) is 5.02 Å². The van der Waals surface area contributed by atoms with Gasteiger partial charge in [0.05, 0.1) is 10.7 Å². The van der Waals surface area contributed by atoms with Gasteiger partial charge in [-0.2, -0.15) is 5.10 Å². The van der Waals surface area contributed by atoms with Crippen LogP contribution in [0.4, 0.5) is 0 Å². The molecule has 0 radical (unpaired) electrons. The molecule has 2 aromatic rings. The summed E-state index contributed by atoms with van der Waals surface area (Å²) in [6, 6.07) is 6.73. The molecule has 2 rings (SSSR count). The first-order valence-corrected chi connectivity index (χ1v) is 5.42. The smallest absolute Gasteiger partial charge is 0.220 e. The van der Waals surface area contributed by atoms with Crippen LogP contribution in [0, 0.1) is 6.92 Å². The van der Waals surface area contributed by atoms with Crippen LogP contribution in [0.3, 0.4) is 0 Å². The average molecular weight is 281 g/mol. The van der Waals surface area contributed by atoms with Crippen molar-refractivity contribution in [3.63, 3.8) is 0 Å². The summed E-state index contributed by atoms with van der Waals surface area (Å²) >= 11 is 5.95. The summed E-state index contributed by atoms with van der Waals surface area (Å²) in [4.78, 5) is 12.2. The first-order valence-electron chi connectivity index (χ1n) is 5.04. The van der Waals surface area contributed by atoms with Gasteiger partial charge in [-0.05, 0) is 19.1 Å². The molecule has 0 spiro atoms. The van der Waals surface area contributed by atoms with E-state index in [1.54, 1.807) is 38.2 Å². The first kappa shape index (κ1) is 14.8. The molecule has 1 aromatic carbocycles. The molecule has 0 aliphatic heterocycles. The van der Waals surface area contributed by atoms with Crippen molar-refractivity contribution in [3.05, 3.63) is 46.1 Å². The van der Waals surface area contributed by atoms with E-state index in [-0.39, 0.29) is 34.6 Å². The Kier molecular flexibility index (Phi) is 4.58. The van der Waals surface area contributed by atoms with Crippen LogP contribution in [0.5, 0.6) is 5.88 Å². The fourth-order valence-electron chi connectivity index (χ4n) is 1.69. The third kappa shape index (κ3) is 2.44. The molecule has 0 fully saturated rings. The van der Waals surface area contributed by atoms with E-state index in [1.807, 2.05) is 0 Å². The SMILES string of the molecule is Cc1nn(C)c(O)c1C(=O)c1ccccc1Cl.[AlH3]. The molecule has 0 amide bonds. The van der Waals surface area contributed by atoms with Crippen molar-refractivity contribution < 1.29 is 9.90 Å². The molecule has 0 saturated heterocycles. The molecule has 0 bridgehead atoms. The van der Waals surface area contributed by atoms with Gasteiger partial charge in [-0.15, -0.1) is 0 Å². The first-order chi connectivity index (χ1) is 8.02. The van der Waals surface area contributed by atoms with Gasteiger partial charge in [0.1, 0.15) is 5.56 Å². The Balaban J connectivity index is 0.00000162. The van der Waals surface area contributed by atoms with Gasteiger partial charge < -0.3 is 5.11 Å². The lowest BCUT2D eigenvalue weighted by molar-refractivity contribution is 0.103. The van der Waals surface area contributed by atoms with Gasteiger partial charge in [0.15, 0.2) is 17.4 Å². The van der Waals surface area contributed by atoms with E-state index in [2.05, 4.69) is 5.10 Å². The fourth-order valence-corrected chi connectivity index (χ4v) is 1.91. The average Bonchev–Trinajstić information content (AvgIpc) is 2.53. The zero-order valence-electron chi connectivity index (χ0n) is 9.44. The molecule has 0 saturated carbocycles. The minimum atomic E-state index is -0.321. The molecule has 1 N–H and O–H groups in total. The molecule has 0 aliphatic carbocycles. The largest absolute Gasteiger partial charge is 0.493 e. The summed E-state index contributed by atoms with van der Waals surface area (Å²) in [6.45, 7) is 1.67. The van der Waals surface area contributed by atoms with E-state index in [9.17, 15) is 9.90 Å². The molecule has 1 aromatic heterocycles. The molecule has 4 nitrogen and oxygen atoms in total. The fraction of sp³-hybridized carbons (Fsp3) is 0.167. The highest BCUT2D eigenvalue weighted by Crippen LogP contribution is 2.26. The number of benzene rings is 1. The lowest BCUT2D eigenvalue weighted by Crippen LogP contribution is -2.03. The lowest BCUT2D eigenvalue weighted by atomic mass is 10.0. The van der Waals surface area contributed by atoms with Crippen LogP contribution in [0.15, 0.2) is 24.3 Å². The van der Waals surface area contributed by atoms with E-state index in [4.69, 9.17) is 11.6 Å². The summed E-state index contributed by atoms with van der Waals surface area (Å²) in [5.74, 6) is -0.467. The zero-order valence-corrected chi connectivity index (χ0v) is 10.2. The van der Waals surface area contributed by atoms with Crippen molar-refractivity contribution in [2.45, 2.75) is 6.92 Å². The Labute approximate surface area is 120 Å².